The van der Waals surface area contributed by atoms with Gasteiger partial charge in [-0.05, 0) is 34.4 Å². The molecule has 4 aromatic carbocycles. The van der Waals surface area contributed by atoms with Gasteiger partial charge in [0, 0.05) is 34.2 Å². The summed E-state index contributed by atoms with van der Waals surface area (Å²) < 4.78 is 11.0. The average molecular weight is 550 g/mol. The third-order valence-electron chi connectivity index (χ3n) is 7.25. The number of pyridine rings is 1. The molecule has 6 rings (SSSR count). The Kier molecular flexibility index (Phi) is 6.19. The van der Waals surface area contributed by atoms with Crippen LogP contribution in [0.25, 0.3) is 44.0 Å². The Morgan fingerprint density at radius 2 is 1.54 bits per heavy atom. The Morgan fingerprint density at radius 1 is 0.854 bits per heavy atom. The van der Waals surface area contributed by atoms with Crippen molar-refractivity contribution in [2.75, 3.05) is 7.11 Å². The number of ether oxygens (including phenoxy) is 1. The SMILES string of the molecule is COC(=O)C[C@@H](c1cc2cc3ccccc3cc2[nH]c1=O)c1c(O)c(O)c(O)c2c(=O)cc(-c3ccccc3)oc12. The Hall–Kier alpha value is -5.57. The number of aromatic nitrogens is 1. The number of H-pyrrole nitrogens is 1. The van der Waals surface area contributed by atoms with Gasteiger partial charge in [-0.3, -0.25) is 14.4 Å². The van der Waals surface area contributed by atoms with Crippen LogP contribution in [0.15, 0.2) is 92.9 Å². The largest absolute Gasteiger partial charge is 0.504 e. The predicted molar refractivity (Wildman–Crippen MR) is 153 cm³/mol. The Bertz CT molecular complexity index is 2110. The average Bonchev–Trinajstić information content (AvgIpc) is 2.98. The fourth-order valence-electron chi connectivity index (χ4n) is 5.23. The normalized spacial score (nSPS) is 12.1. The minimum absolute atomic E-state index is 0.0487. The van der Waals surface area contributed by atoms with Gasteiger partial charge in [-0.25, -0.2) is 0 Å². The van der Waals surface area contributed by atoms with Crippen LogP contribution in [0, 0.1) is 0 Å². The van der Waals surface area contributed by atoms with E-state index in [1.54, 1.807) is 36.4 Å². The highest BCUT2D eigenvalue weighted by molar-refractivity contribution is 5.97. The second kappa shape index (κ2) is 9.87. The number of carbonyl (C=O) groups excluding carboxylic acids is 1. The van der Waals surface area contributed by atoms with E-state index in [1.807, 2.05) is 36.4 Å². The van der Waals surface area contributed by atoms with Gasteiger partial charge in [-0.15, -0.1) is 0 Å². The van der Waals surface area contributed by atoms with Crippen molar-refractivity contribution in [1.82, 2.24) is 4.98 Å². The molecule has 1 atom stereocenters. The zero-order valence-corrected chi connectivity index (χ0v) is 21.7. The van der Waals surface area contributed by atoms with E-state index in [-0.39, 0.29) is 22.5 Å². The first-order valence-electron chi connectivity index (χ1n) is 12.7. The molecule has 0 radical (unpaired) electrons. The molecule has 0 aliphatic carbocycles. The van der Waals surface area contributed by atoms with Gasteiger partial charge in [0.15, 0.2) is 16.9 Å². The summed E-state index contributed by atoms with van der Waals surface area (Å²) >= 11 is 0. The van der Waals surface area contributed by atoms with Gasteiger partial charge in [0.2, 0.25) is 5.75 Å². The summed E-state index contributed by atoms with van der Waals surface area (Å²) in [5.41, 5.74) is -0.637. The van der Waals surface area contributed by atoms with E-state index in [1.165, 1.54) is 7.11 Å². The molecule has 0 fully saturated rings. The number of hydrogen-bond donors (Lipinski definition) is 4. The topological polar surface area (TPSA) is 150 Å². The maximum absolute atomic E-state index is 13.5. The highest BCUT2D eigenvalue weighted by Gasteiger charge is 2.32. The number of methoxy groups -OCH3 is 1. The van der Waals surface area contributed by atoms with Gasteiger partial charge in [-0.2, -0.15) is 0 Å². The lowest BCUT2D eigenvalue weighted by Crippen LogP contribution is -2.21. The molecule has 0 aliphatic rings. The van der Waals surface area contributed by atoms with Crippen molar-refractivity contribution in [3.63, 3.8) is 0 Å². The molecule has 9 nitrogen and oxygen atoms in total. The van der Waals surface area contributed by atoms with Crippen LogP contribution in [-0.4, -0.2) is 33.4 Å². The molecule has 0 aliphatic heterocycles. The summed E-state index contributed by atoms with van der Waals surface area (Å²) in [7, 11) is 1.18. The van der Waals surface area contributed by atoms with Crippen LogP contribution in [0.5, 0.6) is 17.2 Å². The van der Waals surface area contributed by atoms with Crippen molar-refractivity contribution in [2.24, 2.45) is 0 Å². The molecule has 204 valence electrons. The standard InChI is InChI=1S/C32H23NO8/c1-40-25(35)14-20(21-12-19-11-17-9-5-6-10-18(17)13-22(19)33-32(21)39)26-28(36)30(38)29(37)27-23(34)15-24(41-31(26)27)16-7-3-2-4-8-16/h2-13,15,20,36-38H,14H2,1H3,(H,33,39)/t20-/m0/s1. The first-order chi connectivity index (χ1) is 19.8. The van der Waals surface area contributed by atoms with Crippen LogP contribution in [-0.2, 0) is 9.53 Å². The number of benzene rings is 4. The number of fused-ring (bicyclic) bond motifs is 3. The van der Waals surface area contributed by atoms with E-state index in [0.717, 1.165) is 16.8 Å². The lowest BCUT2D eigenvalue weighted by Gasteiger charge is -2.21. The van der Waals surface area contributed by atoms with Crippen LogP contribution in [0.2, 0.25) is 0 Å². The van der Waals surface area contributed by atoms with Gasteiger partial charge in [-0.1, -0.05) is 54.6 Å². The van der Waals surface area contributed by atoms with Gasteiger partial charge in [0.05, 0.1) is 13.5 Å². The van der Waals surface area contributed by atoms with Gasteiger partial charge in [0.1, 0.15) is 16.7 Å². The van der Waals surface area contributed by atoms with E-state index >= 15 is 0 Å². The zero-order chi connectivity index (χ0) is 28.8. The maximum atomic E-state index is 13.5. The molecule has 41 heavy (non-hydrogen) atoms. The summed E-state index contributed by atoms with van der Waals surface area (Å²) in [5.74, 6) is -4.56. The second-order valence-corrected chi connectivity index (χ2v) is 9.68. The fraction of sp³-hybridized carbons (Fsp3) is 0.0938. The highest BCUT2D eigenvalue weighted by atomic mass is 16.5. The summed E-state index contributed by atoms with van der Waals surface area (Å²) in [6.45, 7) is 0. The fourth-order valence-corrected chi connectivity index (χ4v) is 5.23. The highest BCUT2D eigenvalue weighted by Crippen LogP contribution is 2.49. The second-order valence-electron chi connectivity index (χ2n) is 9.68. The van der Waals surface area contributed by atoms with E-state index in [9.17, 15) is 29.7 Å². The molecule has 0 bridgehead atoms. The van der Waals surface area contributed by atoms with Crippen molar-refractivity contribution in [3.05, 3.63) is 111 Å². The molecule has 4 N–H and O–H groups in total. The van der Waals surface area contributed by atoms with Gasteiger partial charge < -0.3 is 29.5 Å². The first kappa shape index (κ1) is 25.7. The van der Waals surface area contributed by atoms with E-state index in [0.29, 0.717) is 16.5 Å². The van der Waals surface area contributed by atoms with Crippen molar-refractivity contribution in [3.8, 4) is 28.6 Å². The van der Waals surface area contributed by atoms with Crippen molar-refractivity contribution in [2.45, 2.75) is 12.3 Å². The van der Waals surface area contributed by atoms with E-state index < -0.39 is 51.9 Å². The van der Waals surface area contributed by atoms with Crippen LogP contribution in [0.4, 0.5) is 0 Å². The Balaban J connectivity index is 1.69. The predicted octanol–water partition coefficient (Wildman–Crippen LogP) is 5.27. The molecule has 0 amide bonds. The number of rotatable bonds is 5. The van der Waals surface area contributed by atoms with Crippen LogP contribution < -0.4 is 11.0 Å². The molecule has 9 heteroatoms. The molecule has 0 unspecified atom stereocenters. The van der Waals surface area contributed by atoms with Crippen molar-refractivity contribution >= 4 is 38.6 Å². The summed E-state index contributed by atoms with van der Waals surface area (Å²) in [6, 6.07) is 22.7. The zero-order valence-electron chi connectivity index (χ0n) is 21.7. The molecule has 2 aromatic heterocycles. The number of aromatic hydroxyl groups is 3. The van der Waals surface area contributed by atoms with Gasteiger partial charge >= 0.3 is 5.97 Å². The number of phenolic OH excluding ortho intramolecular Hbond substituents is 3. The molecule has 6 aromatic rings. The molecule has 0 spiro atoms. The first-order valence-corrected chi connectivity index (χ1v) is 12.7. The van der Waals surface area contributed by atoms with Crippen LogP contribution in [0.1, 0.15) is 23.5 Å². The summed E-state index contributed by atoms with van der Waals surface area (Å²) in [5, 5.41) is 34.5. The number of esters is 1. The van der Waals surface area contributed by atoms with E-state index in [2.05, 4.69) is 4.98 Å². The lowest BCUT2D eigenvalue weighted by molar-refractivity contribution is -0.140. The molecule has 2 heterocycles. The third kappa shape index (κ3) is 4.33. The molecular formula is C32H23NO8. The Labute approximate surface area is 231 Å². The number of carbonyl (C=O) groups is 1. The van der Waals surface area contributed by atoms with E-state index in [4.69, 9.17) is 9.15 Å². The van der Waals surface area contributed by atoms with Crippen molar-refractivity contribution in [1.29, 1.82) is 0 Å². The van der Waals surface area contributed by atoms with Gasteiger partial charge in [0.25, 0.3) is 5.56 Å². The molecule has 0 saturated heterocycles. The quantitative estimate of drug-likeness (QED) is 0.129. The lowest BCUT2D eigenvalue weighted by atomic mass is 9.86. The summed E-state index contributed by atoms with van der Waals surface area (Å²) in [4.78, 5) is 42.2. The minimum Gasteiger partial charge on any atom is -0.504 e. The number of nitrogens with one attached hydrogen (secondary N) is 1. The summed E-state index contributed by atoms with van der Waals surface area (Å²) in [6.07, 6.45) is -0.454. The maximum Gasteiger partial charge on any atom is 0.306 e. The number of aromatic amines is 1. The van der Waals surface area contributed by atoms with Crippen LogP contribution in [0.3, 0.4) is 0 Å². The molecule has 0 saturated carbocycles. The number of phenols is 3. The van der Waals surface area contributed by atoms with Crippen LogP contribution >= 0.6 is 0 Å². The third-order valence-corrected chi connectivity index (χ3v) is 7.25. The molecular weight excluding hydrogens is 526 g/mol. The monoisotopic (exact) mass is 549 g/mol. The van der Waals surface area contributed by atoms with Crippen molar-refractivity contribution < 1.29 is 29.3 Å². The minimum atomic E-state index is -1.25. The number of hydrogen-bond acceptors (Lipinski definition) is 8. The Morgan fingerprint density at radius 3 is 2.24 bits per heavy atom. The smallest absolute Gasteiger partial charge is 0.306 e.